The number of carbonyl (C=O) groups is 2. The van der Waals surface area contributed by atoms with Crippen LogP contribution in [0.5, 0.6) is 11.5 Å². The van der Waals surface area contributed by atoms with E-state index in [0.717, 1.165) is 0 Å². The second-order valence-corrected chi connectivity index (χ2v) is 11.8. The molecule has 0 radical (unpaired) electrons. The van der Waals surface area contributed by atoms with Gasteiger partial charge in [-0.3, -0.25) is 4.79 Å². The third-order valence-electron chi connectivity index (χ3n) is 7.82. The van der Waals surface area contributed by atoms with Gasteiger partial charge >= 0.3 is 11.9 Å². The molecule has 0 heterocycles. The van der Waals surface area contributed by atoms with Gasteiger partial charge in [0.1, 0.15) is 23.1 Å². The Hall–Kier alpha value is -5.16. The highest BCUT2D eigenvalue weighted by Crippen LogP contribution is 2.38. The average Bonchev–Trinajstić information content (AvgIpc) is 3.14. The molecule has 4 aromatic carbocycles. The average molecular weight is 715 g/mol. The lowest BCUT2D eigenvalue weighted by Gasteiger charge is -2.15. The van der Waals surface area contributed by atoms with Crippen molar-refractivity contribution in [2.45, 2.75) is 26.2 Å². The first-order valence-corrected chi connectivity index (χ1v) is 17.0. The summed E-state index contributed by atoms with van der Waals surface area (Å²) in [5.74, 6) is -1.17. The van der Waals surface area contributed by atoms with Crippen molar-refractivity contribution >= 4 is 11.9 Å². The highest BCUT2D eigenvalue weighted by Gasteiger charge is 2.18. The van der Waals surface area contributed by atoms with Gasteiger partial charge in [0.05, 0.1) is 52.7 Å². The number of carbonyl (C=O) groups excluding carboxylic acids is 2. The zero-order valence-electron chi connectivity index (χ0n) is 29.6. The lowest BCUT2D eigenvalue weighted by Crippen LogP contribution is -2.11. The molecule has 0 saturated carbocycles. The third kappa shape index (κ3) is 11.7. The highest BCUT2D eigenvalue weighted by molar-refractivity contribution is 5.91. The van der Waals surface area contributed by atoms with E-state index in [1.165, 1.54) is 13.0 Å². The number of hydrogen-bond acceptors (Lipinski definition) is 8. The number of benzene rings is 4. The van der Waals surface area contributed by atoms with Crippen LogP contribution in [0.25, 0.3) is 33.4 Å². The van der Waals surface area contributed by atoms with Crippen LogP contribution in [-0.4, -0.2) is 65.3 Å². The molecular formula is C42H44F2O8. The number of hydrogen-bond donors (Lipinski definition) is 0. The summed E-state index contributed by atoms with van der Waals surface area (Å²) in [6.07, 6.45) is 2.66. The van der Waals surface area contributed by atoms with Gasteiger partial charge in [0.25, 0.3) is 0 Å². The van der Waals surface area contributed by atoms with Gasteiger partial charge in [0.15, 0.2) is 0 Å². The van der Waals surface area contributed by atoms with Crippen molar-refractivity contribution in [3.63, 3.8) is 0 Å². The predicted octanol–water partition coefficient (Wildman–Crippen LogP) is 8.56. The first-order valence-electron chi connectivity index (χ1n) is 17.0. The van der Waals surface area contributed by atoms with Crippen molar-refractivity contribution in [2.24, 2.45) is 0 Å². The molecule has 0 fully saturated rings. The van der Waals surface area contributed by atoms with Gasteiger partial charge < -0.3 is 28.4 Å². The first-order chi connectivity index (χ1) is 25.2. The standard InChI is InChI=1S/C42H44F2O8/c1-5-20-48-24-19-40(45)51-22-7-21-50-34-14-10-30(11-15-34)35-16-12-32(27-38(35)43)36-17-13-33(28-39(36)52-42(46)29(2)3)37-9-6-8-31(41(37)44)18-23-49-26-25-47-4/h5-6,8-17,27-28H,1-2,7,18-26H2,3-4H3. The number of esters is 2. The van der Waals surface area contributed by atoms with Crippen LogP contribution in [-0.2, 0) is 35.0 Å². The molecule has 4 aromatic rings. The Morgan fingerprint density at radius 1 is 0.769 bits per heavy atom. The van der Waals surface area contributed by atoms with E-state index in [9.17, 15) is 9.59 Å². The Morgan fingerprint density at radius 3 is 2.21 bits per heavy atom. The third-order valence-corrected chi connectivity index (χ3v) is 7.82. The molecular weight excluding hydrogens is 670 g/mol. The second-order valence-electron chi connectivity index (χ2n) is 11.8. The largest absolute Gasteiger partial charge is 0.493 e. The fourth-order valence-corrected chi connectivity index (χ4v) is 5.10. The topological polar surface area (TPSA) is 89.5 Å². The van der Waals surface area contributed by atoms with Gasteiger partial charge in [0, 0.05) is 35.8 Å². The minimum Gasteiger partial charge on any atom is -0.493 e. The number of ether oxygens (including phenoxy) is 6. The maximum absolute atomic E-state index is 15.7. The number of rotatable bonds is 21. The lowest BCUT2D eigenvalue weighted by molar-refractivity contribution is -0.145. The minimum absolute atomic E-state index is 0.138. The fraction of sp³-hybridized carbons (Fsp3) is 0.286. The molecule has 274 valence electrons. The summed E-state index contributed by atoms with van der Waals surface area (Å²) < 4.78 is 63.6. The monoisotopic (exact) mass is 714 g/mol. The van der Waals surface area contributed by atoms with Gasteiger partial charge in [-0.05, 0) is 59.9 Å². The molecule has 10 heteroatoms. The molecule has 0 saturated heterocycles. The van der Waals surface area contributed by atoms with Crippen LogP contribution in [0, 0.1) is 11.6 Å². The molecule has 8 nitrogen and oxygen atoms in total. The molecule has 0 aliphatic rings. The summed E-state index contributed by atoms with van der Waals surface area (Å²) in [7, 11) is 1.59. The van der Waals surface area contributed by atoms with E-state index in [1.807, 2.05) is 0 Å². The van der Waals surface area contributed by atoms with Crippen molar-refractivity contribution in [3.8, 4) is 44.9 Å². The van der Waals surface area contributed by atoms with Crippen molar-refractivity contribution in [1.82, 2.24) is 0 Å². The van der Waals surface area contributed by atoms with E-state index in [1.54, 1.807) is 86.0 Å². The quantitative estimate of drug-likeness (QED) is 0.0279. The van der Waals surface area contributed by atoms with Crippen LogP contribution in [0.15, 0.2) is 104 Å². The molecule has 0 N–H and O–H groups in total. The summed E-state index contributed by atoms with van der Waals surface area (Å²) in [5.41, 5.74) is 3.37. The SMILES string of the molecule is C=CCOCCC(=O)OCCCOc1ccc(-c2ccc(-c3ccc(-c4cccc(CCOCCOC)c4F)cc3OC(=O)C(=C)C)cc2F)cc1. The van der Waals surface area contributed by atoms with E-state index in [-0.39, 0.29) is 36.9 Å². The Labute approximate surface area is 303 Å². The van der Waals surface area contributed by atoms with Crippen LogP contribution in [0.3, 0.4) is 0 Å². The zero-order chi connectivity index (χ0) is 37.3. The Morgan fingerprint density at radius 2 is 1.50 bits per heavy atom. The molecule has 0 aliphatic heterocycles. The Balaban J connectivity index is 1.45. The predicted molar refractivity (Wildman–Crippen MR) is 196 cm³/mol. The smallest absolute Gasteiger partial charge is 0.338 e. The molecule has 0 aliphatic carbocycles. The number of methoxy groups -OCH3 is 1. The normalized spacial score (nSPS) is 10.8. The summed E-state index contributed by atoms with van der Waals surface area (Å²) in [6, 6.07) is 21.8. The summed E-state index contributed by atoms with van der Waals surface area (Å²) in [6.45, 7) is 11.2. The second kappa shape index (κ2) is 20.6. The van der Waals surface area contributed by atoms with Gasteiger partial charge in [-0.15, -0.1) is 6.58 Å². The molecule has 0 aromatic heterocycles. The van der Waals surface area contributed by atoms with Crippen molar-refractivity contribution < 1.29 is 46.8 Å². The Kier molecular flexibility index (Phi) is 15.7. The summed E-state index contributed by atoms with van der Waals surface area (Å²) in [4.78, 5) is 24.4. The van der Waals surface area contributed by atoms with Crippen LogP contribution < -0.4 is 9.47 Å². The van der Waals surface area contributed by atoms with Gasteiger partial charge in [-0.2, -0.15) is 0 Å². The zero-order valence-corrected chi connectivity index (χ0v) is 29.6. The van der Waals surface area contributed by atoms with Gasteiger partial charge in [0.2, 0.25) is 0 Å². The van der Waals surface area contributed by atoms with E-state index in [2.05, 4.69) is 13.2 Å². The maximum Gasteiger partial charge on any atom is 0.338 e. The van der Waals surface area contributed by atoms with E-state index >= 15 is 8.78 Å². The van der Waals surface area contributed by atoms with Crippen molar-refractivity contribution in [1.29, 1.82) is 0 Å². The van der Waals surface area contributed by atoms with Crippen LogP contribution in [0.4, 0.5) is 8.78 Å². The fourth-order valence-electron chi connectivity index (χ4n) is 5.10. The molecule has 0 spiro atoms. The van der Waals surface area contributed by atoms with Gasteiger partial charge in [-0.1, -0.05) is 67.3 Å². The minimum atomic E-state index is -0.661. The van der Waals surface area contributed by atoms with Crippen LogP contribution >= 0.6 is 0 Å². The highest BCUT2D eigenvalue weighted by atomic mass is 19.1. The van der Waals surface area contributed by atoms with E-state index in [4.69, 9.17) is 28.4 Å². The van der Waals surface area contributed by atoms with Crippen LogP contribution in [0.2, 0.25) is 0 Å². The molecule has 4 rings (SSSR count). The first kappa shape index (κ1) is 39.6. The molecule has 0 bridgehead atoms. The lowest BCUT2D eigenvalue weighted by atomic mass is 9.95. The van der Waals surface area contributed by atoms with Gasteiger partial charge in [-0.25, -0.2) is 13.6 Å². The Bertz CT molecular complexity index is 1820. The molecule has 52 heavy (non-hydrogen) atoms. The molecule has 0 amide bonds. The van der Waals surface area contributed by atoms with Crippen LogP contribution in [0.1, 0.15) is 25.3 Å². The molecule has 0 unspecified atom stereocenters. The van der Waals surface area contributed by atoms with Crippen molar-refractivity contribution in [3.05, 3.63) is 121 Å². The van der Waals surface area contributed by atoms with E-state index in [0.29, 0.717) is 90.6 Å². The van der Waals surface area contributed by atoms with E-state index < -0.39 is 17.6 Å². The number of halogens is 2. The summed E-state index contributed by atoms with van der Waals surface area (Å²) in [5, 5.41) is 0. The maximum atomic E-state index is 15.7. The molecule has 0 atom stereocenters. The van der Waals surface area contributed by atoms with Crippen molar-refractivity contribution in [2.75, 3.05) is 53.4 Å². The summed E-state index contributed by atoms with van der Waals surface area (Å²) >= 11 is 0.